The molecule has 2 aliphatic heterocycles. The van der Waals surface area contributed by atoms with Crippen molar-refractivity contribution in [1.82, 2.24) is 10.3 Å². The van der Waals surface area contributed by atoms with Crippen molar-refractivity contribution in [3.63, 3.8) is 0 Å². The number of aromatic nitrogens is 1. The van der Waals surface area contributed by atoms with E-state index in [4.69, 9.17) is 16.3 Å². The number of carbonyl (C=O) groups is 1. The summed E-state index contributed by atoms with van der Waals surface area (Å²) in [5, 5.41) is 10.4. The van der Waals surface area contributed by atoms with Crippen LogP contribution in [-0.2, 0) is 9.53 Å². The average molecular weight is 443 g/mol. The van der Waals surface area contributed by atoms with Crippen LogP contribution < -0.4 is 16.0 Å². The summed E-state index contributed by atoms with van der Waals surface area (Å²) in [5.41, 5.74) is 2.91. The topological polar surface area (TPSA) is 75.3 Å². The van der Waals surface area contributed by atoms with Crippen LogP contribution in [-0.4, -0.2) is 43.7 Å². The van der Waals surface area contributed by atoms with Gasteiger partial charge in [0.15, 0.2) is 0 Å². The number of halogens is 1. The van der Waals surface area contributed by atoms with Crippen LogP contribution in [0.4, 0.5) is 11.5 Å². The molecule has 2 fully saturated rings. The third-order valence-electron chi connectivity index (χ3n) is 6.16. The highest BCUT2D eigenvalue weighted by Gasteiger charge is 2.25. The van der Waals surface area contributed by atoms with E-state index in [1.165, 1.54) is 0 Å². The second-order valence-electron chi connectivity index (χ2n) is 8.75. The lowest BCUT2D eigenvalue weighted by molar-refractivity contribution is -0.120. The minimum atomic E-state index is -0.0395. The highest BCUT2D eigenvalue weighted by atomic mass is 35.5. The molecule has 1 aromatic heterocycles. The van der Waals surface area contributed by atoms with Crippen LogP contribution in [0.2, 0.25) is 5.02 Å². The van der Waals surface area contributed by atoms with Crippen molar-refractivity contribution in [2.45, 2.75) is 26.2 Å². The molecule has 0 spiro atoms. The Balaban J connectivity index is 1.44. The number of nitrogens with zero attached hydrogens (tertiary/aromatic N) is 1. The number of benzene rings is 1. The lowest BCUT2D eigenvalue weighted by Crippen LogP contribution is -2.41. The molecule has 2 aliphatic rings. The number of amides is 1. The van der Waals surface area contributed by atoms with Crippen LogP contribution in [0.25, 0.3) is 11.1 Å². The first-order valence-corrected chi connectivity index (χ1v) is 11.6. The van der Waals surface area contributed by atoms with Crippen LogP contribution in [0, 0.1) is 17.8 Å². The van der Waals surface area contributed by atoms with Gasteiger partial charge in [-0.2, -0.15) is 0 Å². The fourth-order valence-corrected chi connectivity index (χ4v) is 4.53. The Hall–Kier alpha value is -2.15. The van der Waals surface area contributed by atoms with Crippen molar-refractivity contribution in [2.75, 3.05) is 43.5 Å². The molecule has 6 nitrogen and oxygen atoms in total. The smallest absolute Gasteiger partial charge is 0.229 e. The molecule has 1 aromatic carbocycles. The van der Waals surface area contributed by atoms with Gasteiger partial charge in [0.05, 0.1) is 10.9 Å². The minimum absolute atomic E-state index is 0.00620. The van der Waals surface area contributed by atoms with Crippen molar-refractivity contribution < 1.29 is 9.53 Å². The largest absolute Gasteiger partial charge is 0.385 e. The average Bonchev–Trinajstić information content (AvgIpc) is 2.80. The predicted molar refractivity (Wildman–Crippen MR) is 125 cm³/mol. The van der Waals surface area contributed by atoms with Gasteiger partial charge in [-0.3, -0.25) is 4.79 Å². The molecule has 0 saturated carbocycles. The maximum atomic E-state index is 12.7. The van der Waals surface area contributed by atoms with E-state index < -0.39 is 0 Å². The van der Waals surface area contributed by atoms with Crippen LogP contribution in [0.5, 0.6) is 0 Å². The lowest BCUT2D eigenvalue weighted by atomic mass is 9.91. The van der Waals surface area contributed by atoms with E-state index in [0.29, 0.717) is 29.2 Å². The first-order chi connectivity index (χ1) is 15.1. The number of pyridine rings is 1. The Morgan fingerprint density at radius 3 is 2.90 bits per heavy atom. The third-order valence-corrected chi connectivity index (χ3v) is 6.46. The number of anilines is 2. The molecule has 0 aliphatic carbocycles. The maximum Gasteiger partial charge on any atom is 0.229 e. The third kappa shape index (κ3) is 5.97. The van der Waals surface area contributed by atoms with E-state index in [1.54, 1.807) is 6.20 Å². The van der Waals surface area contributed by atoms with Gasteiger partial charge < -0.3 is 20.7 Å². The predicted octanol–water partition coefficient (Wildman–Crippen LogP) is 4.42. The molecular formula is C24H31ClN4O2. The number of piperidine rings is 1. The molecule has 0 radical (unpaired) electrons. The van der Waals surface area contributed by atoms with Gasteiger partial charge in [0, 0.05) is 43.8 Å². The van der Waals surface area contributed by atoms with E-state index in [0.717, 1.165) is 62.4 Å². The van der Waals surface area contributed by atoms with Gasteiger partial charge in [-0.1, -0.05) is 30.7 Å². The van der Waals surface area contributed by atoms with Gasteiger partial charge in [0.1, 0.15) is 5.82 Å². The Kier molecular flexibility index (Phi) is 7.43. The van der Waals surface area contributed by atoms with Gasteiger partial charge >= 0.3 is 0 Å². The van der Waals surface area contributed by atoms with Crippen molar-refractivity contribution in [1.29, 1.82) is 0 Å². The van der Waals surface area contributed by atoms with Gasteiger partial charge in [0.25, 0.3) is 0 Å². The molecular weight excluding hydrogens is 412 g/mol. The summed E-state index contributed by atoms with van der Waals surface area (Å²) in [7, 11) is 0. The highest BCUT2D eigenvalue weighted by molar-refractivity contribution is 6.33. The number of carbonyl (C=O) groups excluding carboxylic acids is 1. The number of nitrogens with one attached hydrogen (secondary N) is 3. The summed E-state index contributed by atoms with van der Waals surface area (Å²) >= 11 is 6.47. The summed E-state index contributed by atoms with van der Waals surface area (Å²) in [5.74, 6) is 1.63. The zero-order valence-corrected chi connectivity index (χ0v) is 18.8. The normalized spacial score (nSPS) is 22.1. The number of rotatable bonds is 6. The first-order valence-electron chi connectivity index (χ1n) is 11.2. The second kappa shape index (κ2) is 10.4. The molecule has 31 heavy (non-hydrogen) atoms. The fourth-order valence-electron chi connectivity index (χ4n) is 4.32. The van der Waals surface area contributed by atoms with E-state index in [-0.39, 0.29) is 11.8 Å². The highest BCUT2D eigenvalue weighted by Crippen LogP contribution is 2.31. The molecule has 2 atom stereocenters. The van der Waals surface area contributed by atoms with Crippen LogP contribution in [0.15, 0.2) is 36.5 Å². The molecule has 0 unspecified atom stereocenters. The van der Waals surface area contributed by atoms with Crippen LogP contribution in [0.3, 0.4) is 0 Å². The first kappa shape index (κ1) is 22.1. The van der Waals surface area contributed by atoms with Crippen molar-refractivity contribution in [3.8, 4) is 11.1 Å². The zero-order chi connectivity index (χ0) is 21.6. The van der Waals surface area contributed by atoms with E-state index >= 15 is 0 Å². The van der Waals surface area contributed by atoms with Crippen molar-refractivity contribution in [3.05, 3.63) is 41.6 Å². The van der Waals surface area contributed by atoms with E-state index in [9.17, 15) is 4.79 Å². The van der Waals surface area contributed by atoms with Crippen LogP contribution >= 0.6 is 11.6 Å². The molecule has 1 amide bonds. The molecule has 2 aromatic rings. The number of hydrogen-bond acceptors (Lipinski definition) is 5. The van der Waals surface area contributed by atoms with Gasteiger partial charge in [0.2, 0.25) is 5.91 Å². The van der Waals surface area contributed by atoms with E-state index in [1.807, 2.05) is 18.2 Å². The summed E-state index contributed by atoms with van der Waals surface area (Å²) < 4.78 is 5.44. The van der Waals surface area contributed by atoms with Crippen molar-refractivity contribution >= 4 is 29.0 Å². The van der Waals surface area contributed by atoms with Crippen molar-refractivity contribution in [2.24, 2.45) is 17.8 Å². The fraction of sp³-hybridized carbons (Fsp3) is 0.500. The summed E-state index contributed by atoms with van der Waals surface area (Å²) in [4.78, 5) is 17.0. The van der Waals surface area contributed by atoms with Crippen LogP contribution in [0.1, 0.15) is 26.2 Å². The SMILES string of the molecule is C[C@@H]1CNC[C@@H](C(=O)Nc2cc(-c3cccc(NCC4CCOCC4)c3)c(Cl)cn2)C1. The summed E-state index contributed by atoms with van der Waals surface area (Å²) in [6.07, 6.45) is 4.69. The zero-order valence-electron chi connectivity index (χ0n) is 18.0. The Morgan fingerprint density at radius 2 is 2.10 bits per heavy atom. The van der Waals surface area contributed by atoms with Gasteiger partial charge in [-0.25, -0.2) is 4.98 Å². The molecule has 166 valence electrons. The molecule has 0 bridgehead atoms. The second-order valence-corrected chi connectivity index (χ2v) is 9.16. The monoisotopic (exact) mass is 442 g/mol. The Labute approximate surface area is 189 Å². The maximum absolute atomic E-state index is 12.7. The van der Waals surface area contributed by atoms with Gasteiger partial charge in [-0.15, -0.1) is 0 Å². The summed E-state index contributed by atoms with van der Waals surface area (Å²) in [6, 6.07) is 10.1. The molecule has 2 saturated heterocycles. The molecule has 7 heteroatoms. The minimum Gasteiger partial charge on any atom is -0.385 e. The van der Waals surface area contributed by atoms with E-state index in [2.05, 4.69) is 40.0 Å². The molecule has 3 N–H and O–H groups in total. The number of ether oxygens (including phenoxy) is 1. The summed E-state index contributed by atoms with van der Waals surface area (Å²) in [6.45, 7) is 6.47. The quantitative estimate of drug-likeness (QED) is 0.617. The number of hydrogen-bond donors (Lipinski definition) is 3. The van der Waals surface area contributed by atoms with Gasteiger partial charge in [-0.05, 0) is 61.4 Å². The Bertz CT molecular complexity index is 901. The Morgan fingerprint density at radius 1 is 1.26 bits per heavy atom. The molecule has 4 rings (SSSR count). The molecule has 3 heterocycles. The lowest BCUT2D eigenvalue weighted by Gasteiger charge is -2.26. The standard InChI is InChI=1S/C24H31ClN4O2/c1-16-9-19(14-26-12-16)24(30)29-23-11-21(22(25)15-28-23)18-3-2-4-20(10-18)27-13-17-5-7-31-8-6-17/h2-4,10-11,15-17,19,26-27H,5-9,12-14H2,1H3,(H,28,29,30)/t16-,19-/m0/s1.